The molecule has 0 aliphatic carbocycles. The van der Waals surface area contributed by atoms with Gasteiger partial charge >= 0.3 is 11.8 Å². The van der Waals surface area contributed by atoms with Gasteiger partial charge in [0.2, 0.25) is 0 Å². The third-order valence-electron chi connectivity index (χ3n) is 3.47. The van der Waals surface area contributed by atoms with Crippen LogP contribution in [0.3, 0.4) is 0 Å². The fraction of sp³-hybridized carbons (Fsp3) is 0.312. The predicted molar refractivity (Wildman–Crippen MR) is 83.1 cm³/mol. The molecule has 0 saturated heterocycles. The number of hydrogen-bond acceptors (Lipinski definition) is 6. The number of aromatic nitrogens is 2. The average molecular weight is 315 g/mol. The first-order valence-electron chi connectivity index (χ1n) is 7.30. The molecule has 0 saturated carbocycles. The topological polar surface area (TPSA) is 90.4 Å². The summed E-state index contributed by atoms with van der Waals surface area (Å²) in [5, 5.41) is 11.4. The number of para-hydroxylation sites is 1. The van der Waals surface area contributed by atoms with Gasteiger partial charge in [-0.2, -0.15) is 0 Å². The maximum atomic E-state index is 11.9. The van der Waals surface area contributed by atoms with Crippen molar-refractivity contribution in [2.24, 2.45) is 0 Å². The third-order valence-corrected chi connectivity index (χ3v) is 3.47. The molecule has 23 heavy (non-hydrogen) atoms. The zero-order chi connectivity index (χ0) is 16.2. The van der Waals surface area contributed by atoms with Gasteiger partial charge in [-0.1, -0.05) is 18.2 Å². The average Bonchev–Trinajstić information content (AvgIpc) is 3.17. The zero-order valence-corrected chi connectivity index (χ0v) is 13.0. The molecule has 0 fully saturated rings. The van der Waals surface area contributed by atoms with Crippen LogP contribution in [-0.2, 0) is 4.74 Å². The Labute approximate surface area is 132 Å². The lowest BCUT2D eigenvalue weighted by Crippen LogP contribution is -2.25. The maximum Gasteiger partial charge on any atom is 0.308 e. The van der Waals surface area contributed by atoms with E-state index in [1.165, 1.54) is 0 Å². The molecule has 1 N–H and O–H groups in total. The number of carbonyl (C=O) groups excluding carboxylic acids is 1. The lowest BCUT2D eigenvalue weighted by Gasteiger charge is -2.00. The van der Waals surface area contributed by atoms with Gasteiger partial charge in [0.15, 0.2) is 5.76 Å². The number of ether oxygens (including phenoxy) is 1. The lowest BCUT2D eigenvalue weighted by molar-refractivity contribution is 0.0914. The van der Waals surface area contributed by atoms with Crippen LogP contribution in [0.5, 0.6) is 0 Å². The molecule has 3 aromatic rings. The van der Waals surface area contributed by atoms with Gasteiger partial charge in [-0.05, 0) is 19.4 Å². The Morgan fingerprint density at radius 2 is 2.09 bits per heavy atom. The van der Waals surface area contributed by atoms with Crippen LogP contribution in [-0.4, -0.2) is 36.4 Å². The first-order chi connectivity index (χ1) is 11.2. The van der Waals surface area contributed by atoms with Crippen molar-refractivity contribution in [3.8, 4) is 11.7 Å². The third kappa shape index (κ3) is 3.09. The molecule has 7 heteroatoms. The van der Waals surface area contributed by atoms with Crippen LogP contribution >= 0.6 is 0 Å². The first kappa shape index (κ1) is 15.2. The molecule has 2 heterocycles. The Bertz CT molecular complexity index is 822. The van der Waals surface area contributed by atoms with E-state index in [4.69, 9.17) is 13.6 Å². The highest BCUT2D eigenvalue weighted by Crippen LogP contribution is 2.31. The van der Waals surface area contributed by atoms with E-state index in [0.29, 0.717) is 25.3 Å². The Balaban J connectivity index is 1.78. The summed E-state index contributed by atoms with van der Waals surface area (Å²) in [6, 6.07) is 7.65. The Kier molecular flexibility index (Phi) is 4.38. The number of methoxy groups -OCH3 is 1. The lowest BCUT2D eigenvalue weighted by atomic mass is 10.1. The summed E-state index contributed by atoms with van der Waals surface area (Å²) in [7, 11) is 1.61. The zero-order valence-electron chi connectivity index (χ0n) is 13.0. The van der Waals surface area contributed by atoms with Gasteiger partial charge < -0.3 is 18.9 Å². The van der Waals surface area contributed by atoms with E-state index in [1.807, 2.05) is 31.2 Å². The molecule has 0 unspecified atom stereocenters. The number of aryl methyl sites for hydroxylation is 1. The summed E-state index contributed by atoms with van der Waals surface area (Å²) in [4.78, 5) is 11.9. The van der Waals surface area contributed by atoms with E-state index < -0.39 is 5.91 Å². The van der Waals surface area contributed by atoms with Crippen LogP contribution in [0, 0.1) is 6.92 Å². The van der Waals surface area contributed by atoms with Gasteiger partial charge in [0.05, 0.1) is 0 Å². The summed E-state index contributed by atoms with van der Waals surface area (Å²) in [6.07, 6.45) is 0.714. The number of rotatable bonds is 6. The van der Waals surface area contributed by atoms with E-state index in [9.17, 15) is 4.79 Å². The van der Waals surface area contributed by atoms with Gasteiger partial charge in [0.25, 0.3) is 5.89 Å². The minimum Gasteiger partial charge on any atom is -0.451 e. The number of fused-ring (bicyclic) bond motifs is 1. The quantitative estimate of drug-likeness (QED) is 0.703. The van der Waals surface area contributed by atoms with Gasteiger partial charge in [-0.15, -0.1) is 10.2 Å². The van der Waals surface area contributed by atoms with Crippen LogP contribution < -0.4 is 5.32 Å². The molecule has 7 nitrogen and oxygen atoms in total. The van der Waals surface area contributed by atoms with Gasteiger partial charge in [0.1, 0.15) is 5.58 Å². The van der Waals surface area contributed by atoms with Crippen molar-refractivity contribution in [3.63, 3.8) is 0 Å². The highest BCUT2D eigenvalue weighted by atomic mass is 16.5. The van der Waals surface area contributed by atoms with Gasteiger partial charge in [-0.25, -0.2) is 0 Å². The molecule has 0 bridgehead atoms. The number of furan rings is 1. The minimum absolute atomic E-state index is 0.0859. The van der Waals surface area contributed by atoms with Crippen LogP contribution in [0.2, 0.25) is 0 Å². The van der Waals surface area contributed by atoms with Crippen molar-refractivity contribution in [2.45, 2.75) is 13.3 Å². The number of benzene rings is 1. The fourth-order valence-electron chi connectivity index (χ4n) is 2.28. The van der Waals surface area contributed by atoms with E-state index in [-0.39, 0.29) is 11.8 Å². The summed E-state index contributed by atoms with van der Waals surface area (Å²) in [5.41, 5.74) is 1.64. The Morgan fingerprint density at radius 1 is 1.26 bits per heavy atom. The van der Waals surface area contributed by atoms with E-state index in [2.05, 4.69) is 15.5 Å². The van der Waals surface area contributed by atoms with Crippen molar-refractivity contribution in [2.75, 3.05) is 20.3 Å². The predicted octanol–water partition coefficient (Wildman–Crippen LogP) is 2.56. The van der Waals surface area contributed by atoms with Crippen molar-refractivity contribution < 1.29 is 18.4 Å². The molecule has 3 rings (SSSR count). The second-order valence-corrected chi connectivity index (χ2v) is 5.07. The number of amides is 1. The standard InChI is InChI=1S/C16H17N3O4/c1-10-11-6-3-4-7-12(11)22-13(10)15-18-19-16(23-15)14(20)17-8-5-9-21-2/h3-4,6-7H,5,8-9H2,1-2H3,(H,17,20). The smallest absolute Gasteiger partial charge is 0.308 e. The molecule has 120 valence electrons. The van der Waals surface area contributed by atoms with Crippen molar-refractivity contribution >= 4 is 16.9 Å². The molecule has 1 amide bonds. The molecule has 0 radical (unpaired) electrons. The minimum atomic E-state index is -0.409. The van der Waals surface area contributed by atoms with Crippen LogP contribution in [0.25, 0.3) is 22.6 Å². The highest BCUT2D eigenvalue weighted by molar-refractivity contribution is 5.90. The molecular formula is C16H17N3O4. The summed E-state index contributed by atoms with van der Waals surface area (Å²) in [5.74, 6) is 0.184. The summed E-state index contributed by atoms with van der Waals surface area (Å²) < 4.78 is 16.1. The number of nitrogens with zero attached hydrogens (tertiary/aromatic N) is 2. The molecule has 0 aliphatic heterocycles. The first-order valence-corrected chi connectivity index (χ1v) is 7.30. The maximum absolute atomic E-state index is 11.9. The number of carbonyl (C=O) groups is 1. The van der Waals surface area contributed by atoms with E-state index in [0.717, 1.165) is 16.5 Å². The number of hydrogen-bond donors (Lipinski definition) is 1. The second-order valence-electron chi connectivity index (χ2n) is 5.07. The summed E-state index contributed by atoms with van der Waals surface area (Å²) >= 11 is 0. The normalized spacial score (nSPS) is 11.0. The fourth-order valence-corrected chi connectivity index (χ4v) is 2.28. The monoisotopic (exact) mass is 315 g/mol. The van der Waals surface area contributed by atoms with E-state index >= 15 is 0 Å². The van der Waals surface area contributed by atoms with Crippen LogP contribution in [0.1, 0.15) is 22.7 Å². The Morgan fingerprint density at radius 3 is 2.87 bits per heavy atom. The largest absolute Gasteiger partial charge is 0.451 e. The van der Waals surface area contributed by atoms with Crippen LogP contribution in [0.15, 0.2) is 33.1 Å². The molecule has 0 atom stereocenters. The van der Waals surface area contributed by atoms with E-state index in [1.54, 1.807) is 7.11 Å². The van der Waals surface area contributed by atoms with Gasteiger partial charge in [0, 0.05) is 31.2 Å². The van der Waals surface area contributed by atoms with Crippen molar-refractivity contribution in [1.29, 1.82) is 0 Å². The molecule has 1 aromatic carbocycles. The number of nitrogens with one attached hydrogen (secondary N) is 1. The highest BCUT2D eigenvalue weighted by Gasteiger charge is 2.20. The molecular weight excluding hydrogens is 298 g/mol. The van der Waals surface area contributed by atoms with Crippen molar-refractivity contribution in [1.82, 2.24) is 15.5 Å². The van der Waals surface area contributed by atoms with Crippen molar-refractivity contribution in [3.05, 3.63) is 35.7 Å². The molecule has 2 aromatic heterocycles. The van der Waals surface area contributed by atoms with Crippen LogP contribution in [0.4, 0.5) is 0 Å². The molecule has 0 aliphatic rings. The summed E-state index contributed by atoms with van der Waals surface area (Å²) in [6.45, 7) is 2.97. The molecule has 0 spiro atoms. The second kappa shape index (κ2) is 6.62. The Hall–Kier alpha value is -2.67. The SMILES string of the molecule is COCCCNC(=O)c1nnc(-c2oc3ccccc3c2C)o1. The van der Waals surface area contributed by atoms with Gasteiger partial charge in [-0.3, -0.25) is 4.79 Å².